The molecule has 0 bridgehead atoms. The van der Waals surface area contributed by atoms with Crippen LogP contribution < -0.4 is 18.9 Å². The molecule has 6 nitrogen and oxygen atoms in total. The number of ketones is 1. The van der Waals surface area contributed by atoms with Crippen LogP contribution in [-0.2, 0) is 0 Å². The lowest BCUT2D eigenvalue weighted by Gasteiger charge is -2.10. The molecule has 0 atom stereocenters. The second kappa shape index (κ2) is 8.31. The molecule has 156 valence electrons. The summed E-state index contributed by atoms with van der Waals surface area (Å²) in [6.07, 6.45) is 1.56. The van der Waals surface area contributed by atoms with Gasteiger partial charge in [0.25, 0.3) is 0 Å². The molecule has 1 heterocycles. The number of methoxy groups -OCH3 is 2. The van der Waals surface area contributed by atoms with Crippen molar-refractivity contribution in [1.29, 1.82) is 0 Å². The van der Waals surface area contributed by atoms with Crippen molar-refractivity contribution in [2.24, 2.45) is 0 Å². The quantitative estimate of drug-likeness (QED) is 0.339. The summed E-state index contributed by atoms with van der Waals surface area (Å²) >= 11 is 0. The number of para-hydroxylation sites is 1. The van der Waals surface area contributed by atoms with Crippen LogP contribution >= 0.6 is 0 Å². The Labute approximate surface area is 177 Å². The lowest BCUT2D eigenvalue weighted by atomic mass is 10.1. The Hall–Kier alpha value is -4.13. The van der Waals surface area contributed by atoms with E-state index in [1.807, 2.05) is 0 Å². The fraction of sp³-hybridized carbons (Fsp3) is 0.0833. The van der Waals surface area contributed by atoms with E-state index >= 15 is 0 Å². The monoisotopic (exact) mass is 420 g/mol. The first-order chi connectivity index (χ1) is 15.0. The van der Waals surface area contributed by atoms with Crippen molar-refractivity contribution >= 4 is 17.8 Å². The number of allylic oxidation sites excluding steroid dienone is 1. The Kier molecular flexibility index (Phi) is 5.41. The number of benzene rings is 3. The maximum absolute atomic E-state index is 13.3. The third-order valence-electron chi connectivity index (χ3n) is 4.63. The van der Waals surface area contributed by atoms with E-state index in [-0.39, 0.29) is 28.6 Å². The number of fused-ring (bicyclic) bond motifs is 1. The van der Waals surface area contributed by atoms with Crippen molar-refractivity contribution in [2.45, 2.75) is 0 Å². The molecule has 0 radical (unpaired) electrons. The van der Waals surface area contributed by atoms with Crippen LogP contribution in [0.2, 0.25) is 0 Å². The molecule has 0 N–H and O–H groups in total. The fourth-order valence-corrected chi connectivity index (χ4v) is 3.18. The van der Waals surface area contributed by atoms with Crippen molar-refractivity contribution in [3.8, 4) is 23.0 Å². The lowest BCUT2D eigenvalue weighted by Crippen LogP contribution is -2.08. The average Bonchev–Trinajstić information content (AvgIpc) is 3.08. The zero-order valence-electron chi connectivity index (χ0n) is 16.7. The predicted molar refractivity (Wildman–Crippen MR) is 110 cm³/mol. The zero-order valence-corrected chi connectivity index (χ0v) is 16.7. The van der Waals surface area contributed by atoms with Crippen molar-refractivity contribution < 1.29 is 32.9 Å². The van der Waals surface area contributed by atoms with E-state index in [0.717, 1.165) is 6.07 Å². The molecular weight excluding hydrogens is 403 g/mol. The van der Waals surface area contributed by atoms with Gasteiger partial charge in [-0.1, -0.05) is 18.2 Å². The van der Waals surface area contributed by atoms with Gasteiger partial charge in [0, 0.05) is 11.6 Å². The van der Waals surface area contributed by atoms with Crippen LogP contribution in [0.4, 0.5) is 4.39 Å². The van der Waals surface area contributed by atoms with Crippen LogP contribution in [0.5, 0.6) is 23.0 Å². The van der Waals surface area contributed by atoms with Gasteiger partial charge >= 0.3 is 5.97 Å². The first kappa shape index (κ1) is 20.2. The standard InChI is InChI=1S/C24H17FO6/c1-28-19-8-4-5-14(23(19)29-2)12-21-22(26)18-10-9-17(13-20(18)31-21)30-24(27)15-6-3-7-16(25)11-15/h3-13H,1-2H3/b21-12-. The van der Waals surface area contributed by atoms with Crippen molar-refractivity contribution in [3.05, 3.63) is 88.9 Å². The highest BCUT2D eigenvalue weighted by atomic mass is 19.1. The number of rotatable bonds is 5. The second-order valence-corrected chi connectivity index (χ2v) is 6.58. The SMILES string of the molecule is COc1cccc(/C=C2\Oc3cc(OC(=O)c4cccc(F)c4)ccc3C2=O)c1OC. The number of hydrogen-bond donors (Lipinski definition) is 0. The summed E-state index contributed by atoms with van der Waals surface area (Å²) < 4.78 is 35.0. The molecule has 3 aromatic carbocycles. The molecule has 0 unspecified atom stereocenters. The third-order valence-corrected chi connectivity index (χ3v) is 4.63. The largest absolute Gasteiger partial charge is 0.493 e. The van der Waals surface area contributed by atoms with Gasteiger partial charge in [-0.25, -0.2) is 9.18 Å². The van der Waals surface area contributed by atoms with Crippen LogP contribution in [0.15, 0.2) is 66.4 Å². The van der Waals surface area contributed by atoms with Gasteiger partial charge in [0.1, 0.15) is 17.3 Å². The molecule has 3 aromatic rings. The normalized spacial score (nSPS) is 13.5. The van der Waals surface area contributed by atoms with E-state index in [1.54, 1.807) is 24.3 Å². The molecule has 1 aliphatic heterocycles. The molecule has 0 saturated heterocycles. The maximum Gasteiger partial charge on any atom is 0.343 e. The summed E-state index contributed by atoms with van der Waals surface area (Å²) in [6.45, 7) is 0. The molecule has 31 heavy (non-hydrogen) atoms. The summed E-state index contributed by atoms with van der Waals surface area (Å²) in [7, 11) is 3.03. The average molecular weight is 420 g/mol. The molecule has 0 aliphatic carbocycles. The first-order valence-corrected chi connectivity index (χ1v) is 9.27. The molecule has 1 aliphatic rings. The highest BCUT2D eigenvalue weighted by Gasteiger charge is 2.28. The highest BCUT2D eigenvalue weighted by Crippen LogP contribution is 2.37. The van der Waals surface area contributed by atoms with Gasteiger partial charge in [-0.3, -0.25) is 4.79 Å². The van der Waals surface area contributed by atoms with Crippen molar-refractivity contribution in [1.82, 2.24) is 0 Å². The molecule has 0 amide bonds. The van der Waals surface area contributed by atoms with Crippen LogP contribution in [-0.4, -0.2) is 26.0 Å². The summed E-state index contributed by atoms with van der Waals surface area (Å²) in [5.74, 6) is -0.0802. The highest BCUT2D eigenvalue weighted by molar-refractivity contribution is 6.14. The van der Waals surface area contributed by atoms with Crippen LogP contribution in [0.3, 0.4) is 0 Å². The van der Waals surface area contributed by atoms with Gasteiger partial charge < -0.3 is 18.9 Å². The lowest BCUT2D eigenvalue weighted by molar-refractivity contribution is 0.0734. The van der Waals surface area contributed by atoms with E-state index in [4.69, 9.17) is 18.9 Å². The Bertz CT molecular complexity index is 1210. The molecular formula is C24H17FO6. The topological polar surface area (TPSA) is 71.1 Å². The minimum Gasteiger partial charge on any atom is -0.493 e. The number of hydrogen-bond acceptors (Lipinski definition) is 6. The van der Waals surface area contributed by atoms with E-state index in [2.05, 4.69) is 0 Å². The summed E-state index contributed by atoms with van der Waals surface area (Å²) in [4.78, 5) is 25.0. The summed E-state index contributed by atoms with van der Waals surface area (Å²) in [5, 5.41) is 0. The predicted octanol–water partition coefficient (Wildman–Crippen LogP) is 4.68. The van der Waals surface area contributed by atoms with E-state index in [9.17, 15) is 14.0 Å². The van der Waals surface area contributed by atoms with Gasteiger partial charge in [0.05, 0.1) is 25.3 Å². The van der Waals surface area contributed by atoms with Gasteiger partial charge in [-0.05, 0) is 42.5 Å². The molecule has 7 heteroatoms. The van der Waals surface area contributed by atoms with Crippen molar-refractivity contribution in [3.63, 3.8) is 0 Å². The number of halogens is 1. The molecule has 0 saturated carbocycles. The smallest absolute Gasteiger partial charge is 0.343 e. The third kappa shape index (κ3) is 3.98. The zero-order chi connectivity index (χ0) is 22.0. The van der Waals surface area contributed by atoms with Crippen LogP contribution in [0.1, 0.15) is 26.3 Å². The summed E-state index contributed by atoms with van der Waals surface area (Å²) in [5.41, 5.74) is 1.01. The van der Waals surface area contributed by atoms with Gasteiger partial charge in [0.15, 0.2) is 17.3 Å². The number of ether oxygens (including phenoxy) is 4. The molecule has 0 spiro atoms. The number of esters is 1. The fourth-order valence-electron chi connectivity index (χ4n) is 3.18. The Morgan fingerprint density at radius 3 is 2.55 bits per heavy atom. The maximum atomic E-state index is 13.3. The Morgan fingerprint density at radius 2 is 1.81 bits per heavy atom. The molecule has 0 aromatic heterocycles. The summed E-state index contributed by atoms with van der Waals surface area (Å²) in [6, 6.07) is 14.9. The van der Waals surface area contributed by atoms with E-state index in [0.29, 0.717) is 22.6 Å². The Morgan fingerprint density at radius 1 is 1.00 bits per heavy atom. The minimum atomic E-state index is -0.722. The van der Waals surface area contributed by atoms with Crippen LogP contribution in [0.25, 0.3) is 6.08 Å². The first-order valence-electron chi connectivity index (χ1n) is 9.27. The van der Waals surface area contributed by atoms with Gasteiger partial charge in [-0.15, -0.1) is 0 Å². The number of Topliss-reactive ketones (excluding diaryl/α,β-unsaturated/α-hetero) is 1. The molecule has 4 rings (SSSR count). The van der Waals surface area contributed by atoms with Gasteiger partial charge in [-0.2, -0.15) is 0 Å². The van der Waals surface area contributed by atoms with E-state index < -0.39 is 11.8 Å². The molecule has 0 fully saturated rings. The minimum absolute atomic E-state index is 0.0724. The van der Waals surface area contributed by atoms with Gasteiger partial charge in [0.2, 0.25) is 5.78 Å². The van der Waals surface area contributed by atoms with Crippen molar-refractivity contribution in [2.75, 3.05) is 14.2 Å². The van der Waals surface area contributed by atoms with Crippen LogP contribution in [0, 0.1) is 5.82 Å². The second-order valence-electron chi connectivity index (χ2n) is 6.58. The van der Waals surface area contributed by atoms with E-state index in [1.165, 1.54) is 50.6 Å². The Balaban J connectivity index is 1.59. The number of carbonyl (C=O) groups is 2. The number of carbonyl (C=O) groups excluding carboxylic acids is 2.